The van der Waals surface area contributed by atoms with Crippen molar-refractivity contribution in [3.8, 4) is 0 Å². The van der Waals surface area contributed by atoms with E-state index in [1.807, 2.05) is 30.5 Å². The van der Waals surface area contributed by atoms with Crippen molar-refractivity contribution >= 4 is 16.8 Å². The smallest absolute Gasteiger partial charge is 0.242 e. The maximum absolute atomic E-state index is 13.0. The van der Waals surface area contributed by atoms with Crippen molar-refractivity contribution in [1.29, 1.82) is 0 Å². The van der Waals surface area contributed by atoms with Crippen LogP contribution in [0.1, 0.15) is 17.2 Å². The minimum absolute atomic E-state index is 0.0183. The van der Waals surface area contributed by atoms with E-state index < -0.39 is 0 Å². The Morgan fingerprint density at radius 1 is 1.22 bits per heavy atom. The molecular weight excluding hydrogens is 340 g/mol. The summed E-state index contributed by atoms with van der Waals surface area (Å²) in [5.41, 5.74) is 3.26. The first-order chi connectivity index (χ1) is 13.3. The number of amides is 1. The van der Waals surface area contributed by atoms with Crippen molar-refractivity contribution < 1.29 is 9.53 Å². The number of carbonyl (C=O) groups excluding carboxylic acids is 1. The molecule has 1 aliphatic rings. The van der Waals surface area contributed by atoms with Gasteiger partial charge >= 0.3 is 0 Å². The summed E-state index contributed by atoms with van der Waals surface area (Å²) in [4.78, 5) is 22.7. The molecule has 6 nitrogen and oxygen atoms in total. The van der Waals surface area contributed by atoms with E-state index in [9.17, 15) is 4.79 Å². The van der Waals surface area contributed by atoms with Crippen LogP contribution in [-0.4, -0.2) is 53.6 Å². The standard InChI is InChI=1S/C21H24N4O2/c26-21(23-9-7-16-15-24-19-6-2-1-5-18(16)19)20(17-4-3-8-22-14-17)25-10-12-27-13-11-25/h1-6,8,14-15,20,24H,7,9-13H2,(H,23,26)/t20-/m0/s1. The first-order valence-corrected chi connectivity index (χ1v) is 9.37. The average Bonchev–Trinajstić information content (AvgIpc) is 3.13. The molecule has 0 aliphatic carbocycles. The molecule has 0 bridgehead atoms. The molecule has 0 saturated carbocycles. The Morgan fingerprint density at radius 2 is 2.07 bits per heavy atom. The number of ether oxygens (including phenoxy) is 1. The fourth-order valence-electron chi connectivity index (χ4n) is 3.66. The quantitative estimate of drug-likeness (QED) is 0.704. The van der Waals surface area contributed by atoms with Gasteiger partial charge < -0.3 is 15.0 Å². The first-order valence-electron chi connectivity index (χ1n) is 9.37. The summed E-state index contributed by atoms with van der Waals surface area (Å²) in [6.07, 6.45) is 6.32. The van der Waals surface area contributed by atoms with Crippen LogP contribution in [0.5, 0.6) is 0 Å². The van der Waals surface area contributed by atoms with Crippen molar-refractivity contribution in [2.24, 2.45) is 0 Å². The predicted molar refractivity (Wildman–Crippen MR) is 104 cm³/mol. The molecule has 1 aliphatic heterocycles. The third kappa shape index (κ3) is 4.02. The number of nitrogens with zero attached hydrogens (tertiary/aromatic N) is 2. The normalized spacial score (nSPS) is 16.3. The molecule has 2 N–H and O–H groups in total. The van der Waals surface area contributed by atoms with Gasteiger partial charge in [-0.1, -0.05) is 24.3 Å². The summed E-state index contributed by atoms with van der Waals surface area (Å²) >= 11 is 0. The number of rotatable bonds is 6. The van der Waals surface area contributed by atoms with Crippen LogP contribution < -0.4 is 5.32 Å². The van der Waals surface area contributed by atoms with Crippen molar-refractivity contribution in [3.05, 3.63) is 66.1 Å². The van der Waals surface area contributed by atoms with Gasteiger partial charge in [0.2, 0.25) is 5.91 Å². The number of morpholine rings is 1. The SMILES string of the molecule is O=C(NCCc1c[nH]c2ccccc12)[C@H](c1cccnc1)N1CCOCC1. The van der Waals surface area contributed by atoms with E-state index in [-0.39, 0.29) is 11.9 Å². The zero-order valence-corrected chi connectivity index (χ0v) is 15.2. The Kier molecular flexibility index (Phi) is 5.46. The van der Waals surface area contributed by atoms with Gasteiger partial charge in [0.05, 0.1) is 13.2 Å². The molecule has 2 aromatic heterocycles. The Balaban J connectivity index is 1.43. The van der Waals surface area contributed by atoms with Crippen molar-refractivity contribution in [2.75, 3.05) is 32.8 Å². The molecule has 140 valence electrons. The van der Waals surface area contributed by atoms with E-state index in [0.717, 1.165) is 30.6 Å². The lowest BCUT2D eigenvalue weighted by Crippen LogP contribution is -2.46. The number of carbonyl (C=O) groups is 1. The Hall–Kier alpha value is -2.70. The van der Waals surface area contributed by atoms with E-state index in [2.05, 4.69) is 32.3 Å². The summed E-state index contributed by atoms with van der Waals surface area (Å²) in [7, 11) is 0. The monoisotopic (exact) mass is 364 g/mol. The van der Waals surface area contributed by atoms with Gasteiger partial charge in [-0.25, -0.2) is 0 Å². The number of H-pyrrole nitrogens is 1. The molecule has 1 atom stereocenters. The minimum atomic E-state index is -0.328. The van der Waals surface area contributed by atoms with Crippen LogP contribution in [0.4, 0.5) is 0 Å². The Bertz CT molecular complexity index is 887. The van der Waals surface area contributed by atoms with E-state index in [1.54, 1.807) is 12.4 Å². The minimum Gasteiger partial charge on any atom is -0.379 e. The molecule has 1 saturated heterocycles. The van der Waals surface area contributed by atoms with Gasteiger partial charge in [0.15, 0.2) is 0 Å². The topological polar surface area (TPSA) is 70.2 Å². The molecule has 4 rings (SSSR count). The van der Waals surface area contributed by atoms with E-state index in [0.29, 0.717) is 19.8 Å². The lowest BCUT2D eigenvalue weighted by molar-refractivity contribution is -0.128. The second-order valence-corrected chi connectivity index (χ2v) is 6.74. The maximum Gasteiger partial charge on any atom is 0.242 e. The third-order valence-electron chi connectivity index (χ3n) is 5.03. The Morgan fingerprint density at radius 3 is 2.89 bits per heavy atom. The number of benzene rings is 1. The van der Waals surface area contributed by atoms with Gasteiger partial charge in [0.1, 0.15) is 6.04 Å². The third-order valence-corrected chi connectivity index (χ3v) is 5.03. The number of aromatic amines is 1. The predicted octanol–water partition coefficient (Wildman–Crippen LogP) is 2.30. The van der Waals surface area contributed by atoms with Crippen LogP contribution in [-0.2, 0) is 16.0 Å². The number of pyridine rings is 1. The Labute approximate surface area is 158 Å². The highest BCUT2D eigenvalue weighted by atomic mass is 16.5. The fraction of sp³-hybridized carbons (Fsp3) is 0.333. The summed E-state index contributed by atoms with van der Waals surface area (Å²) in [5.74, 6) is 0.0183. The van der Waals surface area contributed by atoms with Gasteiger partial charge in [-0.15, -0.1) is 0 Å². The summed E-state index contributed by atoms with van der Waals surface area (Å²) in [6.45, 7) is 3.39. The highest BCUT2D eigenvalue weighted by Gasteiger charge is 2.29. The number of nitrogens with one attached hydrogen (secondary N) is 2. The van der Waals surface area contributed by atoms with Crippen LogP contribution in [0.25, 0.3) is 10.9 Å². The first kappa shape index (κ1) is 17.7. The molecule has 1 amide bonds. The van der Waals surface area contributed by atoms with Crippen molar-refractivity contribution in [2.45, 2.75) is 12.5 Å². The number of para-hydroxylation sites is 1. The van der Waals surface area contributed by atoms with Gasteiger partial charge in [0, 0.05) is 49.1 Å². The molecule has 3 aromatic rings. The van der Waals surface area contributed by atoms with Crippen molar-refractivity contribution in [1.82, 2.24) is 20.2 Å². The highest BCUT2D eigenvalue weighted by Crippen LogP contribution is 2.22. The van der Waals surface area contributed by atoms with Crippen molar-refractivity contribution in [3.63, 3.8) is 0 Å². The van der Waals surface area contributed by atoms with E-state index >= 15 is 0 Å². The molecule has 27 heavy (non-hydrogen) atoms. The van der Waals surface area contributed by atoms with Crippen LogP contribution in [0.15, 0.2) is 55.0 Å². The highest BCUT2D eigenvalue weighted by molar-refractivity contribution is 5.84. The van der Waals surface area contributed by atoms with Gasteiger partial charge in [-0.2, -0.15) is 0 Å². The number of hydrogen-bond donors (Lipinski definition) is 2. The molecule has 0 unspecified atom stereocenters. The van der Waals surface area contributed by atoms with Gasteiger partial charge in [-0.3, -0.25) is 14.7 Å². The van der Waals surface area contributed by atoms with Crippen LogP contribution >= 0.6 is 0 Å². The van der Waals surface area contributed by atoms with E-state index in [4.69, 9.17) is 4.74 Å². The summed E-state index contributed by atoms with van der Waals surface area (Å²) < 4.78 is 5.44. The lowest BCUT2D eigenvalue weighted by Gasteiger charge is -2.33. The summed E-state index contributed by atoms with van der Waals surface area (Å²) in [5, 5.41) is 4.33. The van der Waals surface area contributed by atoms with E-state index in [1.165, 1.54) is 10.9 Å². The number of hydrogen-bond acceptors (Lipinski definition) is 4. The fourth-order valence-corrected chi connectivity index (χ4v) is 3.66. The number of fused-ring (bicyclic) bond motifs is 1. The molecule has 0 radical (unpaired) electrons. The second-order valence-electron chi connectivity index (χ2n) is 6.74. The largest absolute Gasteiger partial charge is 0.379 e. The lowest BCUT2D eigenvalue weighted by atomic mass is 10.1. The van der Waals surface area contributed by atoms with Crippen LogP contribution in [0.2, 0.25) is 0 Å². The van der Waals surface area contributed by atoms with Gasteiger partial charge in [0.25, 0.3) is 0 Å². The average molecular weight is 364 g/mol. The van der Waals surface area contributed by atoms with Crippen LogP contribution in [0, 0.1) is 0 Å². The molecule has 6 heteroatoms. The number of aromatic nitrogens is 2. The maximum atomic E-state index is 13.0. The molecule has 1 aromatic carbocycles. The molecule has 0 spiro atoms. The molecule has 3 heterocycles. The van der Waals surface area contributed by atoms with Crippen LogP contribution in [0.3, 0.4) is 0 Å². The molecular formula is C21H24N4O2. The molecule has 1 fully saturated rings. The zero-order valence-electron chi connectivity index (χ0n) is 15.2. The van der Waals surface area contributed by atoms with Gasteiger partial charge in [-0.05, 0) is 29.7 Å². The zero-order chi connectivity index (χ0) is 18.5. The summed E-state index contributed by atoms with van der Waals surface area (Å²) in [6, 6.07) is 11.7. The second kappa shape index (κ2) is 8.33.